The minimum atomic E-state index is -2.25. The lowest BCUT2D eigenvalue weighted by Gasteiger charge is -2.40. The number of ether oxygens (including phenoxy) is 2. The maximum Gasteiger partial charge on any atom is 0.349 e. The Bertz CT molecular complexity index is 880. The molecule has 1 aromatic rings. The molecule has 0 aromatic carbocycles. The third-order valence-electron chi connectivity index (χ3n) is 7.15. The van der Waals surface area contributed by atoms with Gasteiger partial charge in [0.25, 0.3) is 0 Å². The van der Waals surface area contributed by atoms with Crippen LogP contribution >= 0.6 is 0 Å². The molecule has 0 unspecified atom stereocenters. The normalized spacial score (nSPS) is 24.9. The molecular weight excluding hydrogens is 440 g/mol. The van der Waals surface area contributed by atoms with Crippen molar-refractivity contribution in [2.24, 2.45) is 0 Å². The molecule has 1 fully saturated rings. The van der Waals surface area contributed by atoms with Crippen molar-refractivity contribution in [1.29, 1.82) is 0 Å². The first-order valence-corrected chi connectivity index (χ1v) is 16.9. The fraction of sp³-hybridized carbons (Fsp3) is 0.739. The second kappa shape index (κ2) is 9.43. The van der Waals surface area contributed by atoms with Crippen LogP contribution in [0.1, 0.15) is 47.8 Å². The first-order valence-electron chi connectivity index (χ1n) is 11.1. The van der Waals surface area contributed by atoms with Crippen LogP contribution in [0.25, 0.3) is 0 Å². The maximum atomic E-state index is 12.6. The van der Waals surface area contributed by atoms with Gasteiger partial charge in [-0.15, -0.1) is 0 Å². The fourth-order valence-electron chi connectivity index (χ4n) is 3.00. The average Bonchev–Trinajstić information content (AvgIpc) is 2.96. The molecule has 1 aliphatic rings. The van der Waals surface area contributed by atoms with Crippen molar-refractivity contribution in [3.63, 3.8) is 0 Å². The van der Waals surface area contributed by atoms with E-state index in [0.717, 1.165) is 0 Å². The Morgan fingerprint density at radius 3 is 2.19 bits per heavy atom. The Balaban J connectivity index is 2.44. The van der Waals surface area contributed by atoms with Crippen molar-refractivity contribution in [2.75, 3.05) is 6.61 Å². The lowest BCUT2D eigenvalue weighted by atomic mass is 10.1. The SMILES string of the molecule is C#CO[C@H]1[C@@H](O[Si](C)(C)C(C)(C)C)[C@H](n2cccnc2=O)O[C@@H]1CO[Si](C)(C)C(C)(C)C. The van der Waals surface area contributed by atoms with Gasteiger partial charge >= 0.3 is 5.69 Å². The largest absolute Gasteiger partial charge is 0.438 e. The number of nitrogens with zero attached hydrogens (tertiary/aromatic N) is 2. The third kappa shape index (κ3) is 5.72. The quantitative estimate of drug-likeness (QED) is 0.422. The Labute approximate surface area is 195 Å². The highest BCUT2D eigenvalue weighted by molar-refractivity contribution is 6.74. The second-order valence-electron chi connectivity index (χ2n) is 11.5. The molecule has 180 valence electrons. The van der Waals surface area contributed by atoms with Gasteiger partial charge in [-0.1, -0.05) is 48.0 Å². The first-order chi connectivity index (χ1) is 14.5. The molecule has 0 aliphatic carbocycles. The topological polar surface area (TPSA) is 71.8 Å². The highest BCUT2D eigenvalue weighted by atomic mass is 28.4. The van der Waals surface area contributed by atoms with Crippen molar-refractivity contribution in [3.05, 3.63) is 28.9 Å². The average molecular weight is 481 g/mol. The molecule has 32 heavy (non-hydrogen) atoms. The van der Waals surface area contributed by atoms with Crippen molar-refractivity contribution < 1.29 is 18.3 Å². The molecule has 0 radical (unpaired) electrons. The van der Waals surface area contributed by atoms with Gasteiger partial charge in [0.05, 0.1) is 6.61 Å². The van der Waals surface area contributed by atoms with Gasteiger partial charge in [-0.25, -0.2) is 9.78 Å². The molecule has 9 heteroatoms. The van der Waals surface area contributed by atoms with E-state index in [9.17, 15) is 4.79 Å². The van der Waals surface area contributed by atoms with Crippen molar-refractivity contribution in [2.45, 2.75) is 102 Å². The van der Waals surface area contributed by atoms with Crippen LogP contribution in [0.3, 0.4) is 0 Å². The van der Waals surface area contributed by atoms with E-state index < -0.39 is 46.9 Å². The predicted octanol–water partition coefficient (Wildman–Crippen LogP) is 4.53. The van der Waals surface area contributed by atoms with E-state index in [0.29, 0.717) is 6.61 Å². The molecule has 1 aliphatic heterocycles. The lowest BCUT2D eigenvalue weighted by molar-refractivity contribution is -0.0513. The van der Waals surface area contributed by atoms with Gasteiger partial charge in [0.15, 0.2) is 29.0 Å². The summed E-state index contributed by atoms with van der Waals surface area (Å²) in [5, 5.41) is -0.00132. The molecule has 2 rings (SSSR count). The van der Waals surface area contributed by atoms with E-state index >= 15 is 0 Å². The molecule has 0 N–H and O–H groups in total. The fourth-order valence-corrected chi connectivity index (χ4v) is 5.30. The molecule has 0 saturated carbocycles. The standard InChI is InChI=1S/C23H40N2O5Si2/c1-12-27-18-17(16-28-31(8,9)22(2,3)4)29-20(25-15-13-14-24-21(25)26)19(18)30-32(10,11)23(5,6)7/h1,13-15,17-20H,16H2,2-11H3/t17-,18-,19-,20-/m1/s1. The lowest BCUT2D eigenvalue weighted by Crippen LogP contribution is -2.50. The summed E-state index contributed by atoms with van der Waals surface area (Å²) in [5.41, 5.74) is -0.410. The van der Waals surface area contributed by atoms with E-state index in [1.54, 1.807) is 12.3 Å². The summed E-state index contributed by atoms with van der Waals surface area (Å²) >= 11 is 0. The second-order valence-corrected chi connectivity index (χ2v) is 21.1. The Morgan fingerprint density at radius 2 is 1.69 bits per heavy atom. The monoisotopic (exact) mass is 480 g/mol. The summed E-state index contributed by atoms with van der Waals surface area (Å²) in [5.74, 6) is 0. The Morgan fingerprint density at radius 1 is 1.09 bits per heavy atom. The van der Waals surface area contributed by atoms with Gasteiger partial charge in [0.2, 0.25) is 0 Å². The molecule has 0 amide bonds. The van der Waals surface area contributed by atoms with Crippen LogP contribution in [0.2, 0.25) is 36.3 Å². The summed E-state index contributed by atoms with van der Waals surface area (Å²) in [4.78, 5) is 16.5. The molecule has 0 bridgehead atoms. The zero-order valence-electron chi connectivity index (χ0n) is 21.3. The molecule has 7 nitrogen and oxygen atoms in total. The van der Waals surface area contributed by atoms with Crippen molar-refractivity contribution in [1.82, 2.24) is 9.55 Å². The van der Waals surface area contributed by atoms with Crippen molar-refractivity contribution in [3.8, 4) is 12.5 Å². The maximum absolute atomic E-state index is 12.6. The Kier molecular flexibility index (Phi) is 7.90. The van der Waals surface area contributed by atoms with Crippen LogP contribution in [-0.4, -0.2) is 51.1 Å². The van der Waals surface area contributed by atoms with Gasteiger partial charge in [0.1, 0.15) is 18.3 Å². The van der Waals surface area contributed by atoms with Crippen LogP contribution < -0.4 is 5.69 Å². The molecule has 0 spiro atoms. The highest BCUT2D eigenvalue weighted by Crippen LogP contribution is 2.43. The third-order valence-corrected chi connectivity index (χ3v) is 16.1. The molecule has 1 saturated heterocycles. The number of aromatic nitrogens is 2. The van der Waals surface area contributed by atoms with Gasteiger partial charge in [-0.05, 0) is 42.3 Å². The minimum absolute atomic E-state index is 0.0464. The number of hydrogen-bond donors (Lipinski definition) is 0. The zero-order chi connectivity index (χ0) is 24.5. The zero-order valence-corrected chi connectivity index (χ0v) is 23.3. The number of hydrogen-bond acceptors (Lipinski definition) is 6. The molecule has 4 atom stereocenters. The predicted molar refractivity (Wildman–Crippen MR) is 131 cm³/mol. The van der Waals surface area contributed by atoms with E-state index in [4.69, 9.17) is 24.7 Å². The van der Waals surface area contributed by atoms with Gasteiger partial charge in [-0.2, -0.15) is 0 Å². The van der Waals surface area contributed by atoms with Crippen LogP contribution in [0.4, 0.5) is 0 Å². The van der Waals surface area contributed by atoms with Crippen LogP contribution in [0.5, 0.6) is 0 Å². The number of rotatable bonds is 7. The Hall–Kier alpha value is -1.45. The van der Waals surface area contributed by atoms with E-state index in [2.05, 4.69) is 78.8 Å². The van der Waals surface area contributed by atoms with E-state index in [1.165, 1.54) is 10.8 Å². The van der Waals surface area contributed by atoms with Gasteiger partial charge in [0, 0.05) is 12.4 Å². The summed E-state index contributed by atoms with van der Waals surface area (Å²) in [7, 11) is -4.28. The molecule has 2 heterocycles. The van der Waals surface area contributed by atoms with Crippen LogP contribution in [0.15, 0.2) is 23.3 Å². The summed E-state index contributed by atoms with van der Waals surface area (Å²) in [6, 6.07) is 1.70. The highest BCUT2D eigenvalue weighted by Gasteiger charge is 2.53. The number of terminal acetylenes is 1. The van der Waals surface area contributed by atoms with Crippen molar-refractivity contribution >= 4 is 16.6 Å². The van der Waals surface area contributed by atoms with E-state index in [-0.39, 0.29) is 10.1 Å². The van der Waals surface area contributed by atoms with Gasteiger partial charge < -0.3 is 18.3 Å². The van der Waals surface area contributed by atoms with Gasteiger partial charge in [-0.3, -0.25) is 4.57 Å². The smallest absolute Gasteiger partial charge is 0.349 e. The summed E-state index contributed by atoms with van der Waals surface area (Å²) in [6.07, 6.45) is 8.67. The molecule has 1 aromatic heterocycles. The first kappa shape index (κ1) is 26.8. The minimum Gasteiger partial charge on any atom is -0.438 e. The van der Waals surface area contributed by atoms with Crippen LogP contribution in [0, 0.1) is 12.5 Å². The molecular formula is C23H40N2O5Si2. The van der Waals surface area contributed by atoms with E-state index in [1.807, 2.05) is 0 Å². The summed E-state index contributed by atoms with van der Waals surface area (Å²) in [6.45, 7) is 22.0. The van der Waals surface area contributed by atoms with Crippen LogP contribution in [-0.2, 0) is 18.3 Å². The summed E-state index contributed by atoms with van der Waals surface area (Å²) < 4.78 is 26.7.